The number of hydrogen-bond acceptors (Lipinski definition) is 3. The van der Waals surface area contributed by atoms with Gasteiger partial charge in [0.05, 0.1) is 24.9 Å². The van der Waals surface area contributed by atoms with Gasteiger partial charge in [-0.25, -0.2) is 4.79 Å². The lowest BCUT2D eigenvalue weighted by molar-refractivity contribution is 0.0600. The number of benzene rings is 1. The van der Waals surface area contributed by atoms with Gasteiger partial charge >= 0.3 is 5.97 Å². The number of epoxide rings is 1. The van der Waals surface area contributed by atoms with Gasteiger partial charge in [-0.05, 0) is 24.6 Å². The average molecular weight is 206 g/mol. The lowest BCUT2D eigenvalue weighted by Gasteiger charge is -2.01. The number of hydrogen-bond donors (Lipinski definition) is 0. The van der Waals surface area contributed by atoms with E-state index in [9.17, 15) is 4.79 Å². The Morgan fingerprint density at radius 2 is 2.00 bits per heavy atom. The predicted molar refractivity (Wildman–Crippen MR) is 55.8 cm³/mol. The number of ether oxygens (including phenoxy) is 2. The highest BCUT2D eigenvalue weighted by Crippen LogP contribution is 2.25. The molecule has 0 amide bonds. The molecule has 3 heteroatoms. The molecule has 80 valence electrons. The van der Waals surface area contributed by atoms with Crippen LogP contribution in [0.25, 0.3) is 0 Å². The fourth-order valence-corrected chi connectivity index (χ4v) is 1.57. The van der Waals surface area contributed by atoms with E-state index in [0.29, 0.717) is 17.8 Å². The summed E-state index contributed by atoms with van der Waals surface area (Å²) in [6.07, 6.45) is 1.65. The molecular formula is C12H14O3. The first kappa shape index (κ1) is 10.2. The predicted octanol–water partition coefficient (Wildman–Crippen LogP) is 1.80. The van der Waals surface area contributed by atoms with Crippen LogP contribution in [0.4, 0.5) is 0 Å². The van der Waals surface area contributed by atoms with Crippen LogP contribution in [0.5, 0.6) is 0 Å². The van der Waals surface area contributed by atoms with Crippen molar-refractivity contribution in [3.05, 3.63) is 35.4 Å². The van der Waals surface area contributed by atoms with Crippen LogP contribution in [0, 0.1) is 0 Å². The highest BCUT2D eigenvalue weighted by molar-refractivity contribution is 5.89. The standard InChI is InChI=1S/C12H14O3/c1-8-11(15-8)7-9-3-5-10(6-4-9)12(13)14-2/h3-6,8,11H,7H2,1-2H3. The first-order valence-electron chi connectivity index (χ1n) is 5.03. The van der Waals surface area contributed by atoms with Gasteiger partial charge in [-0.1, -0.05) is 12.1 Å². The first-order valence-corrected chi connectivity index (χ1v) is 5.03. The second-order valence-corrected chi connectivity index (χ2v) is 3.77. The Morgan fingerprint density at radius 3 is 2.47 bits per heavy atom. The van der Waals surface area contributed by atoms with Gasteiger partial charge in [-0.2, -0.15) is 0 Å². The maximum atomic E-state index is 11.2. The molecule has 0 spiro atoms. The van der Waals surface area contributed by atoms with E-state index >= 15 is 0 Å². The molecule has 1 saturated heterocycles. The minimum absolute atomic E-state index is 0.294. The van der Waals surface area contributed by atoms with Crippen LogP contribution in [0.3, 0.4) is 0 Å². The van der Waals surface area contributed by atoms with Crippen LogP contribution in [0.2, 0.25) is 0 Å². The van der Waals surface area contributed by atoms with Gasteiger partial charge in [0.1, 0.15) is 0 Å². The summed E-state index contributed by atoms with van der Waals surface area (Å²) >= 11 is 0. The fourth-order valence-electron chi connectivity index (χ4n) is 1.57. The molecule has 0 aliphatic carbocycles. The van der Waals surface area contributed by atoms with Crippen LogP contribution in [-0.4, -0.2) is 25.3 Å². The Kier molecular flexibility index (Phi) is 2.73. The molecule has 1 aliphatic rings. The number of carbonyl (C=O) groups excluding carboxylic acids is 1. The third-order valence-electron chi connectivity index (χ3n) is 2.65. The quantitative estimate of drug-likeness (QED) is 0.559. The van der Waals surface area contributed by atoms with Crippen molar-refractivity contribution < 1.29 is 14.3 Å². The van der Waals surface area contributed by atoms with Crippen LogP contribution >= 0.6 is 0 Å². The van der Waals surface area contributed by atoms with Gasteiger partial charge in [0.2, 0.25) is 0 Å². The molecule has 2 atom stereocenters. The summed E-state index contributed by atoms with van der Waals surface area (Å²) < 4.78 is 9.95. The zero-order chi connectivity index (χ0) is 10.8. The van der Waals surface area contributed by atoms with Crippen LogP contribution < -0.4 is 0 Å². The Balaban J connectivity index is 2.00. The molecule has 1 aromatic rings. The van der Waals surface area contributed by atoms with E-state index in [1.165, 1.54) is 12.7 Å². The van der Waals surface area contributed by atoms with Crippen molar-refractivity contribution in [1.82, 2.24) is 0 Å². The van der Waals surface area contributed by atoms with Crippen LogP contribution in [-0.2, 0) is 15.9 Å². The van der Waals surface area contributed by atoms with Crippen LogP contribution in [0.15, 0.2) is 24.3 Å². The number of carbonyl (C=O) groups is 1. The first-order chi connectivity index (χ1) is 7.20. The summed E-state index contributed by atoms with van der Waals surface area (Å²) in [6.45, 7) is 2.06. The lowest BCUT2D eigenvalue weighted by atomic mass is 10.1. The van der Waals surface area contributed by atoms with Gasteiger partial charge in [-0.15, -0.1) is 0 Å². The van der Waals surface area contributed by atoms with Gasteiger partial charge < -0.3 is 9.47 Å². The smallest absolute Gasteiger partial charge is 0.337 e. The molecule has 3 nitrogen and oxygen atoms in total. The molecule has 15 heavy (non-hydrogen) atoms. The van der Waals surface area contributed by atoms with E-state index in [4.69, 9.17) is 4.74 Å². The Labute approximate surface area is 89.0 Å². The topological polar surface area (TPSA) is 38.8 Å². The summed E-state index contributed by atoms with van der Waals surface area (Å²) in [4.78, 5) is 11.2. The van der Waals surface area contributed by atoms with Crippen molar-refractivity contribution in [3.8, 4) is 0 Å². The van der Waals surface area contributed by atoms with E-state index in [1.54, 1.807) is 12.1 Å². The maximum absolute atomic E-state index is 11.2. The van der Waals surface area contributed by atoms with E-state index in [2.05, 4.69) is 11.7 Å². The molecule has 1 fully saturated rings. The summed E-state index contributed by atoms with van der Waals surface area (Å²) in [6, 6.07) is 7.46. The van der Waals surface area contributed by atoms with E-state index in [-0.39, 0.29) is 5.97 Å². The van der Waals surface area contributed by atoms with E-state index < -0.39 is 0 Å². The van der Waals surface area contributed by atoms with E-state index in [1.807, 2.05) is 12.1 Å². The monoisotopic (exact) mass is 206 g/mol. The molecule has 0 N–H and O–H groups in total. The molecule has 1 aromatic carbocycles. The van der Waals surface area contributed by atoms with Gasteiger partial charge in [-0.3, -0.25) is 0 Å². The largest absolute Gasteiger partial charge is 0.465 e. The zero-order valence-electron chi connectivity index (χ0n) is 8.90. The minimum atomic E-state index is -0.294. The molecule has 0 bridgehead atoms. The molecular weight excluding hydrogens is 192 g/mol. The second-order valence-electron chi connectivity index (χ2n) is 3.77. The zero-order valence-corrected chi connectivity index (χ0v) is 8.90. The lowest BCUT2D eigenvalue weighted by Crippen LogP contribution is -2.02. The molecule has 0 aromatic heterocycles. The minimum Gasteiger partial charge on any atom is -0.465 e. The Morgan fingerprint density at radius 1 is 1.40 bits per heavy atom. The second kappa shape index (κ2) is 4.03. The highest BCUT2D eigenvalue weighted by Gasteiger charge is 2.33. The number of methoxy groups -OCH3 is 1. The SMILES string of the molecule is COC(=O)c1ccc(CC2OC2C)cc1. The normalized spacial score (nSPS) is 23.6. The van der Waals surface area contributed by atoms with Gasteiger partial charge in [0.15, 0.2) is 0 Å². The highest BCUT2D eigenvalue weighted by atomic mass is 16.6. The number of esters is 1. The maximum Gasteiger partial charge on any atom is 0.337 e. The molecule has 1 aliphatic heterocycles. The summed E-state index contributed by atoms with van der Waals surface area (Å²) in [7, 11) is 1.38. The molecule has 1 heterocycles. The summed E-state index contributed by atoms with van der Waals surface area (Å²) in [5, 5.41) is 0. The van der Waals surface area contributed by atoms with Crippen molar-refractivity contribution in [2.24, 2.45) is 0 Å². The third kappa shape index (κ3) is 2.36. The van der Waals surface area contributed by atoms with Crippen molar-refractivity contribution in [1.29, 1.82) is 0 Å². The summed E-state index contributed by atoms with van der Waals surface area (Å²) in [5.74, 6) is -0.294. The Bertz CT molecular complexity index is 356. The van der Waals surface area contributed by atoms with Gasteiger partial charge in [0, 0.05) is 6.42 Å². The van der Waals surface area contributed by atoms with Crippen LogP contribution in [0.1, 0.15) is 22.8 Å². The average Bonchev–Trinajstić information content (AvgIpc) is 2.94. The number of rotatable bonds is 3. The van der Waals surface area contributed by atoms with Crippen molar-refractivity contribution in [2.45, 2.75) is 25.6 Å². The van der Waals surface area contributed by atoms with Crippen molar-refractivity contribution in [2.75, 3.05) is 7.11 Å². The Hall–Kier alpha value is -1.35. The molecule has 2 rings (SSSR count). The molecule has 0 radical (unpaired) electrons. The summed E-state index contributed by atoms with van der Waals surface area (Å²) in [5.41, 5.74) is 1.78. The molecule has 2 unspecified atom stereocenters. The third-order valence-corrected chi connectivity index (χ3v) is 2.65. The molecule has 0 saturated carbocycles. The van der Waals surface area contributed by atoms with Crippen molar-refractivity contribution in [3.63, 3.8) is 0 Å². The fraction of sp³-hybridized carbons (Fsp3) is 0.417. The van der Waals surface area contributed by atoms with Gasteiger partial charge in [0.25, 0.3) is 0 Å². The van der Waals surface area contributed by atoms with Crippen molar-refractivity contribution >= 4 is 5.97 Å². The van der Waals surface area contributed by atoms with E-state index in [0.717, 1.165) is 6.42 Å².